The monoisotopic (exact) mass is 501 g/mol. The van der Waals surface area contributed by atoms with Crippen molar-refractivity contribution in [1.82, 2.24) is 9.88 Å². The van der Waals surface area contributed by atoms with Crippen LogP contribution in [0.25, 0.3) is 0 Å². The average Bonchev–Trinajstić information content (AvgIpc) is 2.94. The highest BCUT2D eigenvalue weighted by Crippen LogP contribution is 2.26. The van der Waals surface area contributed by atoms with E-state index >= 15 is 0 Å². The van der Waals surface area contributed by atoms with Crippen molar-refractivity contribution in [2.75, 3.05) is 24.5 Å². The molecule has 0 aliphatic carbocycles. The Hall–Kier alpha value is -4.33. The number of carbonyl (C=O) groups excluding carboxylic acids is 2. The molecule has 8 heteroatoms. The number of ketones is 1. The predicted molar refractivity (Wildman–Crippen MR) is 135 cm³/mol. The van der Waals surface area contributed by atoms with E-state index in [-0.39, 0.29) is 29.2 Å². The molecule has 3 aromatic rings. The minimum Gasteiger partial charge on any atom is -0.439 e. The summed E-state index contributed by atoms with van der Waals surface area (Å²) in [5.74, 6) is -0.116. The van der Waals surface area contributed by atoms with Crippen LogP contribution in [0, 0.1) is 17.6 Å². The van der Waals surface area contributed by atoms with E-state index in [1.54, 1.807) is 23.4 Å². The average molecular weight is 502 g/mol. The van der Waals surface area contributed by atoms with Crippen LogP contribution in [0.1, 0.15) is 23.2 Å². The first-order chi connectivity index (χ1) is 18.0. The second-order valence-electron chi connectivity index (χ2n) is 8.99. The molecule has 1 fully saturated rings. The Bertz CT molecular complexity index is 1330. The molecular formula is C29H25F2N3O3. The van der Waals surface area contributed by atoms with Gasteiger partial charge in [0, 0.05) is 43.4 Å². The van der Waals surface area contributed by atoms with Gasteiger partial charge in [-0.3, -0.25) is 9.59 Å². The number of rotatable bonds is 6. The zero-order valence-corrected chi connectivity index (χ0v) is 20.0. The third kappa shape index (κ3) is 5.74. The van der Waals surface area contributed by atoms with Crippen molar-refractivity contribution in [3.63, 3.8) is 0 Å². The van der Waals surface area contributed by atoms with E-state index in [4.69, 9.17) is 4.74 Å². The van der Waals surface area contributed by atoms with Gasteiger partial charge >= 0.3 is 0 Å². The van der Waals surface area contributed by atoms with E-state index in [1.165, 1.54) is 48.5 Å². The Balaban J connectivity index is 1.19. The molecule has 0 atom stereocenters. The van der Waals surface area contributed by atoms with Crippen molar-refractivity contribution in [2.24, 2.45) is 5.92 Å². The van der Waals surface area contributed by atoms with Gasteiger partial charge in [-0.2, -0.15) is 0 Å². The van der Waals surface area contributed by atoms with Gasteiger partial charge in [-0.05, 0) is 67.4 Å². The van der Waals surface area contributed by atoms with Gasteiger partial charge in [0.2, 0.25) is 5.88 Å². The zero-order valence-electron chi connectivity index (χ0n) is 20.0. The van der Waals surface area contributed by atoms with Crippen LogP contribution in [0.2, 0.25) is 0 Å². The third-order valence-electron chi connectivity index (χ3n) is 6.51. The quantitative estimate of drug-likeness (QED) is 0.416. The molecule has 3 heterocycles. The minimum absolute atomic E-state index is 0.00518. The number of ether oxygens (including phenoxy) is 1. The smallest absolute Gasteiger partial charge is 0.255 e. The Morgan fingerprint density at radius 1 is 0.892 bits per heavy atom. The number of pyridine rings is 1. The van der Waals surface area contributed by atoms with Crippen molar-refractivity contribution in [1.29, 1.82) is 0 Å². The maximum Gasteiger partial charge on any atom is 0.255 e. The van der Waals surface area contributed by atoms with E-state index in [0.29, 0.717) is 55.2 Å². The fourth-order valence-corrected chi connectivity index (χ4v) is 4.47. The van der Waals surface area contributed by atoms with Crippen LogP contribution in [-0.4, -0.2) is 41.2 Å². The summed E-state index contributed by atoms with van der Waals surface area (Å²) >= 11 is 0. The zero-order chi connectivity index (χ0) is 25.8. The van der Waals surface area contributed by atoms with E-state index in [1.807, 2.05) is 23.1 Å². The first kappa shape index (κ1) is 24.4. The lowest BCUT2D eigenvalue weighted by molar-refractivity contribution is -0.128. The number of amides is 1. The van der Waals surface area contributed by atoms with Gasteiger partial charge in [-0.25, -0.2) is 13.8 Å². The molecule has 0 spiro atoms. The largest absolute Gasteiger partial charge is 0.439 e. The van der Waals surface area contributed by atoms with Gasteiger partial charge in [0.15, 0.2) is 5.78 Å². The molecule has 188 valence electrons. The number of hydrogen-bond acceptors (Lipinski definition) is 5. The fourth-order valence-electron chi connectivity index (χ4n) is 4.47. The topological polar surface area (TPSA) is 62.7 Å². The standard InChI is InChI=1S/C29H25F2N3O3/c30-23-5-3-20(4-6-23)28(35)21-13-16-33(17-14-21)29(36)22-2-1-15-34(19-22)25-9-12-27(32-18-25)37-26-10-7-24(31)8-11-26/h1-12,18-19,21H,13-17H2. The van der Waals surface area contributed by atoms with Crippen molar-refractivity contribution in [3.8, 4) is 11.6 Å². The maximum atomic E-state index is 13.2. The molecule has 1 aromatic heterocycles. The minimum atomic E-state index is -0.370. The molecule has 2 aromatic carbocycles. The van der Waals surface area contributed by atoms with Crippen molar-refractivity contribution in [2.45, 2.75) is 12.8 Å². The number of aromatic nitrogens is 1. The van der Waals surface area contributed by atoms with Gasteiger partial charge in [-0.15, -0.1) is 0 Å². The van der Waals surface area contributed by atoms with Gasteiger partial charge < -0.3 is 14.5 Å². The SMILES string of the molecule is O=C(c1ccc(F)cc1)C1CCN(C(=O)C2=CN(c3ccc(Oc4ccc(F)cc4)nc3)CC=C2)CC1. The molecule has 0 bridgehead atoms. The molecule has 37 heavy (non-hydrogen) atoms. The van der Waals surface area contributed by atoms with Crippen LogP contribution in [0.5, 0.6) is 11.6 Å². The molecule has 0 N–H and O–H groups in total. The van der Waals surface area contributed by atoms with Crippen LogP contribution in [-0.2, 0) is 4.79 Å². The molecular weight excluding hydrogens is 476 g/mol. The Morgan fingerprint density at radius 2 is 1.57 bits per heavy atom. The first-order valence-electron chi connectivity index (χ1n) is 12.1. The van der Waals surface area contributed by atoms with Crippen molar-refractivity contribution < 1.29 is 23.1 Å². The predicted octanol–water partition coefficient (Wildman–Crippen LogP) is 5.53. The number of hydrogen-bond donors (Lipinski definition) is 0. The summed E-state index contributed by atoms with van der Waals surface area (Å²) in [4.78, 5) is 34.0. The number of likely N-dealkylation sites (tertiary alicyclic amines) is 1. The summed E-state index contributed by atoms with van der Waals surface area (Å²) in [5, 5.41) is 0. The van der Waals surface area contributed by atoms with E-state index < -0.39 is 0 Å². The Morgan fingerprint density at radius 3 is 2.22 bits per heavy atom. The van der Waals surface area contributed by atoms with Crippen LogP contribution in [0.4, 0.5) is 14.5 Å². The number of nitrogens with zero attached hydrogens (tertiary/aromatic N) is 3. The number of carbonyl (C=O) groups is 2. The second kappa shape index (κ2) is 10.7. The summed E-state index contributed by atoms with van der Waals surface area (Å²) < 4.78 is 31.9. The van der Waals surface area contributed by atoms with E-state index in [9.17, 15) is 18.4 Å². The number of halogens is 2. The number of benzene rings is 2. The molecule has 2 aliphatic rings. The Labute approximate surface area is 213 Å². The van der Waals surface area contributed by atoms with Gasteiger partial charge in [0.25, 0.3) is 5.91 Å². The summed E-state index contributed by atoms with van der Waals surface area (Å²) in [6, 6.07) is 14.9. The number of anilines is 1. The number of piperidine rings is 1. The fraction of sp³-hybridized carbons (Fsp3) is 0.207. The summed E-state index contributed by atoms with van der Waals surface area (Å²) in [6.45, 7) is 1.56. The van der Waals surface area contributed by atoms with Crippen LogP contribution >= 0.6 is 0 Å². The van der Waals surface area contributed by atoms with Crippen molar-refractivity contribution >= 4 is 17.4 Å². The van der Waals surface area contributed by atoms with Crippen molar-refractivity contribution in [3.05, 3.63) is 108 Å². The Kier molecular flexibility index (Phi) is 7.07. The molecule has 1 amide bonds. The molecule has 2 aliphatic heterocycles. The highest BCUT2D eigenvalue weighted by atomic mass is 19.1. The third-order valence-corrected chi connectivity index (χ3v) is 6.51. The summed E-state index contributed by atoms with van der Waals surface area (Å²) in [6.07, 6.45) is 8.33. The van der Waals surface area contributed by atoms with Crippen LogP contribution < -0.4 is 9.64 Å². The lowest BCUT2D eigenvalue weighted by Crippen LogP contribution is -2.41. The van der Waals surface area contributed by atoms with Crippen LogP contribution in [0.15, 0.2) is 90.8 Å². The summed E-state index contributed by atoms with van der Waals surface area (Å²) in [5.41, 5.74) is 1.85. The second-order valence-corrected chi connectivity index (χ2v) is 8.99. The number of Topliss-reactive ketones (excluding diaryl/α,β-unsaturated/α-hetero) is 1. The molecule has 6 nitrogen and oxygen atoms in total. The lowest BCUT2D eigenvalue weighted by Gasteiger charge is -2.32. The summed E-state index contributed by atoms with van der Waals surface area (Å²) in [7, 11) is 0. The van der Waals surface area contributed by atoms with E-state index in [2.05, 4.69) is 4.98 Å². The van der Waals surface area contributed by atoms with Gasteiger partial charge in [-0.1, -0.05) is 12.2 Å². The molecule has 5 rings (SSSR count). The molecule has 0 unspecified atom stereocenters. The normalized spacial score (nSPS) is 15.9. The van der Waals surface area contributed by atoms with Gasteiger partial charge in [0.05, 0.1) is 17.5 Å². The molecule has 0 radical (unpaired) electrons. The molecule has 0 saturated carbocycles. The maximum absolute atomic E-state index is 13.2. The van der Waals surface area contributed by atoms with Crippen LogP contribution in [0.3, 0.4) is 0 Å². The molecule has 1 saturated heterocycles. The van der Waals surface area contributed by atoms with Gasteiger partial charge in [0.1, 0.15) is 17.4 Å². The lowest BCUT2D eigenvalue weighted by atomic mass is 9.88. The van der Waals surface area contributed by atoms with E-state index in [0.717, 1.165) is 5.69 Å². The highest BCUT2D eigenvalue weighted by Gasteiger charge is 2.29. The first-order valence-corrected chi connectivity index (χ1v) is 12.1. The highest BCUT2D eigenvalue weighted by molar-refractivity contribution is 5.99.